The Morgan fingerprint density at radius 3 is 1.47 bits per heavy atom. The Kier molecular flexibility index (Phi) is 10.2. The summed E-state index contributed by atoms with van der Waals surface area (Å²) in [6.45, 7) is 18.9. The van der Waals surface area contributed by atoms with E-state index < -0.39 is 47.9 Å². The second-order valence-corrected chi connectivity index (χ2v) is 26.9. The Labute approximate surface area is 209 Å². The van der Waals surface area contributed by atoms with Crippen molar-refractivity contribution < 1.29 is 66.4 Å². The summed E-state index contributed by atoms with van der Waals surface area (Å²) in [5, 5.41) is 3.08. The summed E-state index contributed by atoms with van der Waals surface area (Å²) < 4.78 is 27.7. The van der Waals surface area contributed by atoms with Crippen LogP contribution in [-0.4, -0.2) is 38.3 Å². The molecule has 0 saturated carbocycles. The molecule has 10 heteroatoms. The van der Waals surface area contributed by atoms with Gasteiger partial charge in [0.2, 0.25) is 0 Å². The third-order valence-corrected chi connectivity index (χ3v) is 15.6. The van der Waals surface area contributed by atoms with Crippen LogP contribution >= 0.6 is 0 Å². The second-order valence-electron chi connectivity index (χ2n) is 10.0. The van der Waals surface area contributed by atoms with Gasteiger partial charge in [0.05, 0.1) is 0 Å². The van der Waals surface area contributed by atoms with Crippen molar-refractivity contribution in [3.8, 4) is 0 Å². The zero-order valence-electron chi connectivity index (χ0n) is 19.4. The Morgan fingerprint density at radius 2 is 1.13 bits per heavy atom. The molecule has 0 saturated heterocycles. The summed E-state index contributed by atoms with van der Waals surface area (Å²) in [6.07, 6.45) is 6.78. The molecule has 0 aromatic carbocycles. The fourth-order valence-electron chi connectivity index (χ4n) is 3.80. The van der Waals surface area contributed by atoms with Gasteiger partial charge in [0.15, 0.2) is 0 Å². The first-order valence-electron chi connectivity index (χ1n) is 10.1. The second kappa shape index (κ2) is 10.7. The monoisotopic (exact) mass is 582 g/mol. The Morgan fingerprint density at radius 1 is 0.767 bits per heavy atom. The minimum atomic E-state index is -1.84. The molecule has 1 heterocycles. The molecule has 0 fully saturated rings. The fourth-order valence-corrected chi connectivity index (χ4v) is 16.6. The van der Waals surface area contributed by atoms with Crippen LogP contribution in [0.5, 0.6) is 0 Å². The van der Waals surface area contributed by atoms with Crippen molar-refractivity contribution in [1.82, 2.24) is 0 Å². The predicted octanol–water partition coefficient (Wildman–Crippen LogP) is -0.388. The Hall–Kier alpha value is 0.594. The molecule has 0 spiro atoms. The van der Waals surface area contributed by atoms with Crippen LogP contribution in [0.2, 0.25) is 52.4 Å². The maximum atomic E-state index is 6.17. The van der Waals surface area contributed by atoms with Gasteiger partial charge < -0.3 is 24.8 Å². The van der Waals surface area contributed by atoms with Gasteiger partial charge in [-0.3, -0.25) is 0 Å². The molecule has 0 radical (unpaired) electrons. The van der Waals surface area contributed by atoms with Gasteiger partial charge in [-0.15, -0.1) is 0 Å². The van der Waals surface area contributed by atoms with Crippen molar-refractivity contribution in [2.24, 2.45) is 0 Å². The van der Waals surface area contributed by atoms with Crippen LogP contribution < -0.4 is 24.8 Å². The van der Waals surface area contributed by atoms with Gasteiger partial charge in [-0.1, -0.05) is 0 Å². The molecule has 0 N–H and O–H groups in total. The largest absolute Gasteiger partial charge is 1.00 e. The first-order valence-corrected chi connectivity index (χ1v) is 22.3. The van der Waals surface area contributed by atoms with Crippen LogP contribution in [0.15, 0.2) is 40.6 Å². The summed E-state index contributed by atoms with van der Waals surface area (Å²) in [7, 11) is -4.97. The molecule has 3 rings (SSSR count). The summed E-state index contributed by atoms with van der Waals surface area (Å²) in [5.74, 6) is 2.20. The van der Waals surface area contributed by atoms with Crippen molar-refractivity contribution in [2.45, 2.75) is 65.2 Å². The van der Waals surface area contributed by atoms with Crippen LogP contribution in [0.25, 0.3) is 0 Å². The standard InChI is InChI=1S/C20H34O4Si3.2ClH.Zr/c1-25(2,3)23-15-21-17-11-9-13-19(17)27(7,8)20-14-10-12-18(20)22-16-24-26(4,5)6;;;/h11-12H,9-10,15-16H2,1-8H3;2*1H;/q;;;+2/p-2. The van der Waals surface area contributed by atoms with Crippen molar-refractivity contribution in [3.63, 3.8) is 0 Å². The van der Waals surface area contributed by atoms with E-state index in [1.807, 2.05) is 0 Å². The van der Waals surface area contributed by atoms with Gasteiger partial charge in [-0.05, 0) is 0 Å². The quantitative estimate of drug-likeness (QED) is 0.288. The maximum Gasteiger partial charge on any atom is -1.00 e. The van der Waals surface area contributed by atoms with E-state index in [4.69, 9.17) is 18.3 Å². The molecular weight excluding hydrogens is 551 g/mol. The number of hydrogen-bond acceptors (Lipinski definition) is 4. The third-order valence-electron chi connectivity index (χ3n) is 5.04. The molecule has 168 valence electrons. The van der Waals surface area contributed by atoms with E-state index in [2.05, 4.69) is 64.5 Å². The molecule has 30 heavy (non-hydrogen) atoms. The summed E-state index contributed by atoms with van der Waals surface area (Å²) >= 11 is -0.728. The van der Waals surface area contributed by atoms with E-state index in [1.54, 1.807) is 17.0 Å². The molecule has 0 bridgehead atoms. The van der Waals surface area contributed by atoms with Crippen molar-refractivity contribution >= 4 is 24.7 Å². The number of rotatable bonds is 8. The summed E-state index contributed by atoms with van der Waals surface area (Å²) in [5.41, 5.74) is 0. The average Bonchev–Trinajstić information content (AvgIpc) is 3.10. The van der Waals surface area contributed by atoms with Gasteiger partial charge in [0.1, 0.15) is 0 Å². The topological polar surface area (TPSA) is 36.9 Å². The first-order chi connectivity index (χ1) is 12.9. The zero-order valence-corrected chi connectivity index (χ0v) is 26.3. The molecule has 0 aromatic rings. The molecule has 0 atom stereocenters. The van der Waals surface area contributed by atoms with E-state index >= 15 is 0 Å². The Bertz CT molecular complexity index is 716. The normalized spacial score (nSPS) is 19.5. The van der Waals surface area contributed by atoms with E-state index in [-0.39, 0.29) is 24.8 Å². The fraction of sp³-hybridized carbons (Fsp3) is 0.600. The van der Waals surface area contributed by atoms with E-state index in [0.29, 0.717) is 13.6 Å². The van der Waals surface area contributed by atoms with Crippen LogP contribution in [0.4, 0.5) is 0 Å². The average molecular weight is 585 g/mol. The smallest absolute Gasteiger partial charge is 1.00 e. The van der Waals surface area contributed by atoms with Crippen LogP contribution in [0.1, 0.15) is 12.8 Å². The van der Waals surface area contributed by atoms with Crippen molar-refractivity contribution in [2.75, 3.05) is 13.6 Å². The van der Waals surface area contributed by atoms with Crippen molar-refractivity contribution in [3.05, 3.63) is 40.6 Å². The Balaban J connectivity index is 0.00000225. The van der Waals surface area contributed by atoms with Crippen LogP contribution in [0.3, 0.4) is 0 Å². The van der Waals surface area contributed by atoms with Crippen LogP contribution in [0, 0.1) is 0 Å². The minimum absolute atomic E-state index is 0. The molecule has 0 aromatic heterocycles. The zero-order chi connectivity index (χ0) is 20.7. The molecular formula is C20H34Cl2O4Si3Zr. The van der Waals surface area contributed by atoms with Gasteiger partial charge in [0, 0.05) is 0 Å². The molecule has 4 nitrogen and oxygen atoms in total. The number of allylic oxidation sites excluding steroid dienone is 6. The summed E-state index contributed by atoms with van der Waals surface area (Å²) in [4.78, 5) is 0. The number of halogens is 2. The number of hydrogen-bond donors (Lipinski definition) is 0. The van der Waals surface area contributed by atoms with E-state index in [9.17, 15) is 0 Å². The van der Waals surface area contributed by atoms with Gasteiger partial charge in [-0.25, -0.2) is 0 Å². The van der Waals surface area contributed by atoms with Gasteiger partial charge >= 0.3 is 186 Å². The van der Waals surface area contributed by atoms with Gasteiger partial charge in [-0.2, -0.15) is 0 Å². The number of ether oxygens (including phenoxy) is 2. The van der Waals surface area contributed by atoms with Crippen LogP contribution in [-0.2, 0) is 41.6 Å². The molecule has 0 amide bonds. The van der Waals surface area contributed by atoms with E-state index in [0.717, 1.165) is 24.4 Å². The maximum absolute atomic E-state index is 6.17. The van der Waals surface area contributed by atoms with Gasteiger partial charge in [0.25, 0.3) is 0 Å². The molecule has 1 aliphatic heterocycles. The molecule has 0 unspecified atom stereocenters. The van der Waals surface area contributed by atoms with E-state index in [1.165, 1.54) is 0 Å². The molecule has 3 aliphatic rings. The predicted molar refractivity (Wildman–Crippen MR) is 118 cm³/mol. The SMILES string of the molecule is C[Si](C)(C)OCOC1=CC[C]2=C1[Si](C)(C)C1=[C](CC=C1OCO[Si](C)(C)C)[Zr+2]2.[Cl-].[Cl-]. The summed E-state index contributed by atoms with van der Waals surface area (Å²) in [6, 6.07) is 0. The minimum Gasteiger partial charge on any atom is -1.00 e. The van der Waals surface area contributed by atoms with Crippen molar-refractivity contribution in [1.29, 1.82) is 0 Å². The third kappa shape index (κ3) is 6.80. The molecule has 2 aliphatic carbocycles. The first kappa shape index (κ1) is 28.6.